The number of hydrogen-bond acceptors (Lipinski definition) is 5. The van der Waals surface area contributed by atoms with Crippen LogP contribution in [0.5, 0.6) is 11.5 Å². The Hall–Kier alpha value is -2.83. The fraction of sp³-hybridized carbons (Fsp3) is 0.389. The molecule has 1 aromatic rings. The minimum absolute atomic E-state index is 0.00236. The summed E-state index contributed by atoms with van der Waals surface area (Å²) in [5.74, 6) is 0.150. The van der Waals surface area contributed by atoms with Gasteiger partial charge in [-0.2, -0.15) is 0 Å². The molecule has 1 aromatic carbocycles. The highest BCUT2D eigenvalue weighted by atomic mass is 16.5. The number of hydrogen-bond donors (Lipinski definition) is 1. The number of amides is 3. The number of para-hydroxylation sites is 1. The number of imide groups is 1. The van der Waals surface area contributed by atoms with Gasteiger partial charge in [-0.15, -0.1) is 0 Å². The van der Waals surface area contributed by atoms with E-state index < -0.39 is 11.9 Å². The zero-order valence-electron chi connectivity index (χ0n) is 14.2. The molecular weight excluding hydrogens is 324 g/mol. The van der Waals surface area contributed by atoms with Crippen molar-refractivity contribution in [2.45, 2.75) is 26.3 Å². The van der Waals surface area contributed by atoms with Crippen molar-refractivity contribution in [2.24, 2.45) is 0 Å². The summed E-state index contributed by atoms with van der Waals surface area (Å²) in [6.07, 6.45) is 1.75. The zero-order chi connectivity index (χ0) is 18.0. The topological polar surface area (TPSA) is 84.9 Å². The van der Waals surface area contributed by atoms with E-state index in [-0.39, 0.29) is 24.8 Å². The third-order valence-corrected chi connectivity index (χ3v) is 4.21. The van der Waals surface area contributed by atoms with Crippen molar-refractivity contribution in [2.75, 3.05) is 19.8 Å². The minimum atomic E-state index is -0.762. The maximum Gasteiger partial charge on any atom is 0.253 e. The van der Waals surface area contributed by atoms with E-state index in [0.29, 0.717) is 30.2 Å². The summed E-state index contributed by atoms with van der Waals surface area (Å²) in [5, 5.41) is 2.24. The highest BCUT2D eigenvalue weighted by Crippen LogP contribution is 2.36. The molecule has 2 heterocycles. The number of carbonyl (C=O) groups excluding carboxylic acids is 3. The molecule has 0 bridgehead atoms. The maximum absolute atomic E-state index is 12.8. The molecule has 7 heteroatoms. The van der Waals surface area contributed by atoms with E-state index in [0.717, 1.165) is 5.56 Å². The fourth-order valence-electron chi connectivity index (χ4n) is 3.05. The molecule has 2 aliphatic heterocycles. The van der Waals surface area contributed by atoms with Gasteiger partial charge < -0.3 is 14.4 Å². The molecule has 7 nitrogen and oxygen atoms in total. The van der Waals surface area contributed by atoms with Gasteiger partial charge in [0, 0.05) is 12.1 Å². The Morgan fingerprint density at radius 1 is 1.36 bits per heavy atom. The average molecular weight is 344 g/mol. The second kappa shape index (κ2) is 6.96. The van der Waals surface area contributed by atoms with E-state index in [1.54, 1.807) is 13.0 Å². The lowest BCUT2D eigenvalue weighted by Crippen LogP contribution is -2.45. The van der Waals surface area contributed by atoms with Crippen LogP contribution in [0.2, 0.25) is 0 Å². The van der Waals surface area contributed by atoms with Gasteiger partial charge in [0.1, 0.15) is 12.6 Å². The largest absolute Gasteiger partial charge is 0.490 e. The predicted octanol–water partition coefficient (Wildman–Crippen LogP) is 1.12. The SMILES string of the molecule is CCOc1cccc2c1OCC(C(=O)N(CC)[C@@H]1CC(=O)NC1=O)=C2. The molecule has 3 rings (SSSR count). The van der Waals surface area contributed by atoms with Crippen molar-refractivity contribution < 1.29 is 23.9 Å². The molecule has 3 amide bonds. The van der Waals surface area contributed by atoms with Gasteiger partial charge in [-0.05, 0) is 26.0 Å². The quantitative estimate of drug-likeness (QED) is 0.809. The van der Waals surface area contributed by atoms with E-state index in [2.05, 4.69) is 5.32 Å². The Labute approximate surface area is 145 Å². The van der Waals surface area contributed by atoms with Crippen LogP contribution >= 0.6 is 0 Å². The second-order valence-corrected chi connectivity index (χ2v) is 5.79. The monoisotopic (exact) mass is 344 g/mol. The predicted molar refractivity (Wildman–Crippen MR) is 90.0 cm³/mol. The highest BCUT2D eigenvalue weighted by Gasteiger charge is 2.38. The molecule has 0 unspecified atom stereocenters. The van der Waals surface area contributed by atoms with Gasteiger partial charge in [0.25, 0.3) is 5.91 Å². The van der Waals surface area contributed by atoms with E-state index in [4.69, 9.17) is 9.47 Å². The molecule has 0 spiro atoms. The van der Waals surface area contributed by atoms with Gasteiger partial charge in [0.15, 0.2) is 11.5 Å². The second-order valence-electron chi connectivity index (χ2n) is 5.79. The summed E-state index contributed by atoms with van der Waals surface area (Å²) in [6, 6.07) is 4.72. The smallest absolute Gasteiger partial charge is 0.253 e. The molecule has 0 saturated carbocycles. The average Bonchev–Trinajstić information content (AvgIpc) is 2.94. The van der Waals surface area contributed by atoms with Crippen LogP contribution in [0.1, 0.15) is 25.8 Å². The van der Waals surface area contributed by atoms with Crippen LogP contribution in [-0.4, -0.2) is 48.4 Å². The molecule has 1 fully saturated rings. The van der Waals surface area contributed by atoms with Crippen LogP contribution in [0.4, 0.5) is 0 Å². The first-order chi connectivity index (χ1) is 12.0. The van der Waals surface area contributed by atoms with Crippen LogP contribution < -0.4 is 14.8 Å². The summed E-state index contributed by atoms with van der Waals surface area (Å²) in [6.45, 7) is 4.60. The Morgan fingerprint density at radius 3 is 2.80 bits per heavy atom. The first-order valence-electron chi connectivity index (χ1n) is 8.29. The lowest BCUT2D eigenvalue weighted by atomic mass is 10.0. The van der Waals surface area contributed by atoms with Crippen LogP contribution in [0, 0.1) is 0 Å². The number of rotatable bonds is 5. The molecule has 0 radical (unpaired) electrons. The molecule has 0 aliphatic carbocycles. The van der Waals surface area contributed by atoms with Crippen LogP contribution in [-0.2, 0) is 14.4 Å². The molecule has 2 aliphatic rings. The number of nitrogens with one attached hydrogen (secondary N) is 1. The Balaban J connectivity index is 1.86. The number of likely N-dealkylation sites (N-methyl/N-ethyl adjacent to an activating group) is 1. The lowest BCUT2D eigenvalue weighted by molar-refractivity contribution is -0.136. The molecule has 1 N–H and O–H groups in total. The Morgan fingerprint density at radius 2 is 2.16 bits per heavy atom. The summed E-state index contributed by atoms with van der Waals surface area (Å²) in [4.78, 5) is 37.6. The number of ether oxygens (including phenoxy) is 2. The van der Waals surface area contributed by atoms with Crippen molar-refractivity contribution in [3.05, 3.63) is 29.3 Å². The van der Waals surface area contributed by atoms with Gasteiger partial charge in [-0.3, -0.25) is 19.7 Å². The van der Waals surface area contributed by atoms with E-state index in [9.17, 15) is 14.4 Å². The first kappa shape index (κ1) is 17.0. The molecular formula is C18H20N2O5. The summed E-state index contributed by atoms with van der Waals surface area (Å²) < 4.78 is 11.3. The van der Waals surface area contributed by atoms with E-state index >= 15 is 0 Å². The molecule has 0 aromatic heterocycles. The van der Waals surface area contributed by atoms with Crippen molar-refractivity contribution in [1.82, 2.24) is 10.2 Å². The van der Waals surface area contributed by atoms with E-state index in [1.165, 1.54) is 4.90 Å². The van der Waals surface area contributed by atoms with E-state index in [1.807, 2.05) is 25.1 Å². The minimum Gasteiger partial charge on any atom is -0.490 e. The summed E-state index contributed by atoms with van der Waals surface area (Å²) >= 11 is 0. The fourth-order valence-corrected chi connectivity index (χ4v) is 3.05. The van der Waals surface area contributed by atoms with Gasteiger partial charge in [0.2, 0.25) is 11.8 Å². The normalized spacial score (nSPS) is 18.8. The van der Waals surface area contributed by atoms with Crippen molar-refractivity contribution in [3.8, 4) is 11.5 Å². The van der Waals surface area contributed by atoms with Crippen molar-refractivity contribution in [3.63, 3.8) is 0 Å². The number of carbonyl (C=O) groups is 3. The third-order valence-electron chi connectivity index (χ3n) is 4.21. The van der Waals surface area contributed by atoms with Crippen LogP contribution in [0.3, 0.4) is 0 Å². The molecule has 132 valence electrons. The summed E-state index contributed by atoms with van der Waals surface area (Å²) in [7, 11) is 0. The van der Waals surface area contributed by atoms with Gasteiger partial charge >= 0.3 is 0 Å². The number of fused-ring (bicyclic) bond motifs is 1. The molecule has 1 saturated heterocycles. The number of nitrogens with zero attached hydrogens (tertiary/aromatic N) is 1. The highest BCUT2D eigenvalue weighted by molar-refractivity contribution is 6.09. The lowest BCUT2D eigenvalue weighted by Gasteiger charge is -2.28. The third kappa shape index (κ3) is 3.22. The van der Waals surface area contributed by atoms with Crippen LogP contribution in [0.15, 0.2) is 23.8 Å². The first-order valence-corrected chi connectivity index (χ1v) is 8.29. The maximum atomic E-state index is 12.8. The standard InChI is InChI=1S/C18H20N2O5/c1-3-20(13-9-15(21)19-17(13)22)18(23)12-8-11-6-5-7-14(24-4-2)16(11)25-10-12/h5-8,13H,3-4,9-10H2,1-2H3,(H,19,21,22)/t13-/m1/s1. The zero-order valence-corrected chi connectivity index (χ0v) is 14.2. The van der Waals surface area contributed by atoms with Crippen molar-refractivity contribution >= 4 is 23.8 Å². The summed E-state index contributed by atoms with van der Waals surface area (Å²) in [5.41, 5.74) is 1.19. The van der Waals surface area contributed by atoms with Gasteiger partial charge in [-0.1, -0.05) is 12.1 Å². The van der Waals surface area contributed by atoms with Crippen molar-refractivity contribution in [1.29, 1.82) is 0 Å². The Kier molecular flexibility index (Phi) is 4.74. The van der Waals surface area contributed by atoms with Gasteiger partial charge in [-0.25, -0.2) is 0 Å². The molecule has 25 heavy (non-hydrogen) atoms. The molecule has 1 atom stereocenters. The van der Waals surface area contributed by atoms with Gasteiger partial charge in [0.05, 0.1) is 18.6 Å². The number of benzene rings is 1. The Bertz CT molecular complexity index is 756. The van der Waals surface area contributed by atoms with Crippen LogP contribution in [0.25, 0.3) is 6.08 Å².